The van der Waals surface area contributed by atoms with Crippen molar-refractivity contribution in [2.75, 3.05) is 0 Å². The van der Waals surface area contributed by atoms with Crippen LogP contribution in [0.15, 0.2) is 66.7 Å². The molecule has 1 spiro atoms. The van der Waals surface area contributed by atoms with Crippen LogP contribution in [-0.2, 0) is 16.9 Å². The Morgan fingerprint density at radius 2 is 1.52 bits per heavy atom. The van der Waals surface area contributed by atoms with Crippen LogP contribution in [-0.4, -0.2) is 0 Å². The summed E-state index contributed by atoms with van der Waals surface area (Å²) in [6.07, 6.45) is 0. The maximum atomic E-state index is 6.46. The van der Waals surface area contributed by atoms with Gasteiger partial charge in [-0.15, -0.1) is 0 Å². The van der Waals surface area contributed by atoms with Crippen LogP contribution < -0.4 is 4.74 Å². The Balaban J connectivity index is 1.89. The zero-order valence-corrected chi connectivity index (χ0v) is 12.9. The Hall–Kier alpha value is -2.58. The van der Waals surface area contributed by atoms with E-state index >= 15 is 0 Å². The van der Waals surface area contributed by atoms with Crippen molar-refractivity contribution in [2.45, 2.75) is 19.1 Å². The molecule has 0 bridgehead atoms. The van der Waals surface area contributed by atoms with E-state index in [1.165, 1.54) is 16.7 Å². The van der Waals surface area contributed by atoms with Gasteiger partial charge in [0.25, 0.3) is 0 Å². The molecule has 2 heteroatoms. The minimum atomic E-state index is -0.561. The third kappa shape index (κ3) is 1.61. The number of hydrogen-bond donors (Lipinski definition) is 0. The average Bonchev–Trinajstić information content (AvgIpc) is 2.95. The fourth-order valence-electron chi connectivity index (χ4n) is 3.81. The molecule has 5 rings (SSSR count). The normalized spacial score (nSPS) is 20.6. The smallest absolute Gasteiger partial charge is 0.151 e. The van der Waals surface area contributed by atoms with Crippen molar-refractivity contribution in [3.8, 4) is 11.5 Å². The van der Waals surface area contributed by atoms with Crippen LogP contribution in [0.1, 0.15) is 27.8 Å². The second kappa shape index (κ2) is 4.46. The van der Waals surface area contributed by atoms with Gasteiger partial charge in [0.2, 0.25) is 0 Å². The number of rotatable bonds is 0. The number of aryl methyl sites for hydroxylation is 1. The maximum absolute atomic E-state index is 6.46. The summed E-state index contributed by atoms with van der Waals surface area (Å²) in [7, 11) is 0. The quantitative estimate of drug-likeness (QED) is 0.586. The van der Waals surface area contributed by atoms with Gasteiger partial charge in [-0.1, -0.05) is 54.6 Å². The molecule has 0 radical (unpaired) electrons. The molecule has 1 unspecified atom stereocenters. The maximum Gasteiger partial charge on any atom is 0.151 e. The number of hydrogen-bond acceptors (Lipinski definition) is 2. The molecule has 0 aromatic heterocycles. The Morgan fingerprint density at radius 3 is 2.43 bits per heavy atom. The van der Waals surface area contributed by atoms with E-state index in [9.17, 15) is 0 Å². The first-order valence-corrected chi connectivity index (χ1v) is 7.90. The van der Waals surface area contributed by atoms with Gasteiger partial charge in [0.05, 0.1) is 6.61 Å². The van der Waals surface area contributed by atoms with Gasteiger partial charge in [0.15, 0.2) is 5.60 Å². The van der Waals surface area contributed by atoms with Gasteiger partial charge in [-0.05, 0) is 35.7 Å². The molecule has 0 N–H and O–H groups in total. The minimum absolute atomic E-state index is 0.561. The van der Waals surface area contributed by atoms with Crippen molar-refractivity contribution in [1.29, 1.82) is 0 Å². The molecule has 1 atom stereocenters. The third-order valence-electron chi connectivity index (χ3n) is 4.84. The van der Waals surface area contributed by atoms with Crippen LogP contribution in [0.3, 0.4) is 0 Å². The topological polar surface area (TPSA) is 18.5 Å². The number of benzene rings is 3. The Morgan fingerprint density at radius 1 is 0.783 bits per heavy atom. The molecule has 23 heavy (non-hydrogen) atoms. The van der Waals surface area contributed by atoms with Crippen LogP contribution in [0.5, 0.6) is 11.5 Å². The second-order valence-corrected chi connectivity index (χ2v) is 6.22. The number of para-hydroxylation sites is 1. The van der Waals surface area contributed by atoms with E-state index in [1.54, 1.807) is 0 Å². The van der Waals surface area contributed by atoms with Gasteiger partial charge in [0.1, 0.15) is 11.5 Å². The zero-order valence-electron chi connectivity index (χ0n) is 12.9. The zero-order chi connectivity index (χ0) is 15.4. The molecule has 2 heterocycles. The Bertz CT molecular complexity index is 929. The molecular formula is C21H16O2. The molecule has 3 aromatic carbocycles. The lowest BCUT2D eigenvalue weighted by Crippen LogP contribution is -2.32. The van der Waals surface area contributed by atoms with E-state index < -0.39 is 5.60 Å². The first kappa shape index (κ1) is 12.9. The lowest BCUT2D eigenvalue weighted by molar-refractivity contribution is 0.0199. The van der Waals surface area contributed by atoms with Gasteiger partial charge < -0.3 is 9.47 Å². The summed E-state index contributed by atoms with van der Waals surface area (Å²) in [4.78, 5) is 0. The van der Waals surface area contributed by atoms with Crippen molar-refractivity contribution in [3.05, 3.63) is 94.5 Å². The molecule has 0 amide bonds. The summed E-state index contributed by atoms with van der Waals surface area (Å²) < 4.78 is 12.6. The van der Waals surface area contributed by atoms with Crippen LogP contribution in [0.4, 0.5) is 0 Å². The molecule has 0 aliphatic carbocycles. The second-order valence-electron chi connectivity index (χ2n) is 6.22. The summed E-state index contributed by atoms with van der Waals surface area (Å²) in [5, 5.41) is 0. The highest BCUT2D eigenvalue weighted by Crippen LogP contribution is 2.55. The summed E-state index contributed by atoms with van der Waals surface area (Å²) in [5.74, 6) is 1.77. The highest BCUT2D eigenvalue weighted by molar-refractivity contribution is 5.64. The minimum Gasteiger partial charge on any atom is -0.457 e. The lowest BCUT2D eigenvalue weighted by Gasteiger charge is -2.37. The first-order chi connectivity index (χ1) is 11.3. The van der Waals surface area contributed by atoms with E-state index in [4.69, 9.17) is 9.47 Å². The van der Waals surface area contributed by atoms with Crippen LogP contribution in [0.2, 0.25) is 0 Å². The largest absolute Gasteiger partial charge is 0.457 e. The molecule has 2 aliphatic heterocycles. The highest BCUT2D eigenvalue weighted by Gasteiger charge is 2.49. The van der Waals surface area contributed by atoms with Gasteiger partial charge in [-0.3, -0.25) is 0 Å². The van der Waals surface area contributed by atoms with E-state index in [0.29, 0.717) is 6.61 Å². The summed E-state index contributed by atoms with van der Waals surface area (Å²) in [5.41, 5.74) is 5.27. The van der Waals surface area contributed by atoms with E-state index in [-0.39, 0.29) is 0 Å². The van der Waals surface area contributed by atoms with Crippen molar-refractivity contribution >= 4 is 0 Å². The molecule has 2 aliphatic rings. The van der Waals surface area contributed by atoms with Gasteiger partial charge in [-0.25, -0.2) is 0 Å². The van der Waals surface area contributed by atoms with Gasteiger partial charge in [-0.2, -0.15) is 0 Å². The van der Waals surface area contributed by atoms with Gasteiger partial charge in [0, 0.05) is 11.1 Å². The van der Waals surface area contributed by atoms with E-state index in [2.05, 4.69) is 55.5 Å². The molecule has 0 saturated heterocycles. The predicted molar refractivity (Wildman–Crippen MR) is 88.8 cm³/mol. The summed E-state index contributed by atoms with van der Waals surface area (Å²) in [6, 6.07) is 23.0. The molecule has 2 nitrogen and oxygen atoms in total. The number of fused-ring (bicyclic) bond motifs is 6. The molecule has 0 fully saturated rings. The first-order valence-electron chi connectivity index (χ1n) is 7.90. The van der Waals surface area contributed by atoms with Crippen LogP contribution in [0.25, 0.3) is 0 Å². The SMILES string of the molecule is Cc1ccc2c(c1)Oc1ccccc1C21OCc2ccccc21. The molecule has 3 aromatic rings. The molecule has 0 saturated carbocycles. The van der Waals surface area contributed by atoms with E-state index in [1.807, 2.05) is 18.2 Å². The summed E-state index contributed by atoms with van der Waals surface area (Å²) in [6.45, 7) is 2.71. The average molecular weight is 300 g/mol. The third-order valence-corrected chi connectivity index (χ3v) is 4.84. The van der Waals surface area contributed by atoms with Crippen molar-refractivity contribution in [1.82, 2.24) is 0 Å². The standard InChI is InChI=1S/C21H16O2/c1-14-10-11-18-20(12-14)23-19-9-5-4-8-17(19)21(18)16-7-3-2-6-15(16)13-22-21/h2-12H,13H2,1H3. The van der Waals surface area contributed by atoms with Crippen LogP contribution in [0, 0.1) is 6.92 Å². The Labute approximate surface area is 135 Å². The van der Waals surface area contributed by atoms with Crippen molar-refractivity contribution in [2.24, 2.45) is 0 Å². The molecule has 112 valence electrons. The summed E-state index contributed by atoms with van der Waals surface area (Å²) >= 11 is 0. The Kier molecular flexibility index (Phi) is 2.51. The molecular weight excluding hydrogens is 284 g/mol. The van der Waals surface area contributed by atoms with Gasteiger partial charge >= 0.3 is 0 Å². The van der Waals surface area contributed by atoms with Crippen molar-refractivity contribution < 1.29 is 9.47 Å². The number of ether oxygens (including phenoxy) is 2. The fraction of sp³-hybridized carbons (Fsp3) is 0.143. The lowest BCUT2D eigenvalue weighted by atomic mass is 9.77. The fourth-order valence-corrected chi connectivity index (χ4v) is 3.81. The highest BCUT2D eigenvalue weighted by atomic mass is 16.5. The van der Waals surface area contributed by atoms with E-state index in [0.717, 1.165) is 22.6 Å². The van der Waals surface area contributed by atoms with Crippen LogP contribution >= 0.6 is 0 Å². The predicted octanol–water partition coefficient (Wildman–Crippen LogP) is 4.92. The monoisotopic (exact) mass is 300 g/mol. The van der Waals surface area contributed by atoms with Crippen molar-refractivity contribution in [3.63, 3.8) is 0 Å².